The summed E-state index contributed by atoms with van der Waals surface area (Å²) in [5.41, 5.74) is 0.385. The van der Waals surface area contributed by atoms with Crippen LogP contribution in [0.4, 0.5) is 10.1 Å². The molecular weight excluding hydrogens is 269 g/mol. The van der Waals surface area contributed by atoms with Gasteiger partial charge >= 0.3 is 0 Å². The fraction of sp³-hybridized carbons (Fsp3) is 0.308. The van der Waals surface area contributed by atoms with Gasteiger partial charge in [0, 0.05) is 29.9 Å². The van der Waals surface area contributed by atoms with E-state index in [0.717, 1.165) is 6.07 Å². The van der Waals surface area contributed by atoms with Crippen LogP contribution in [-0.4, -0.2) is 15.8 Å². The van der Waals surface area contributed by atoms with E-state index in [0.29, 0.717) is 17.7 Å². The van der Waals surface area contributed by atoms with Crippen molar-refractivity contribution in [1.29, 1.82) is 0 Å². The monoisotopic (exact) mass is 283 g/mol. The lowest BCUT2D eigenvalue weighted by molar-refractivity contribution is -0.385. The van der Waals surface area contributed by atoms with E-state index in [1.54, 1.807) is 6.08 Å². The summed E-state index contributed by atoms with van der Waals surface area (Å²) in [5.74, 6) is 0.125. The predicted molar refractivity (Wildman–Crippen MR) is 74.6 cm³/mol. The molecule has 0 N–H and O–H groups in total. The van der Waals surface area contributed by atoms with Crippen molar-refractivity contribution >= 4 is 28.6 Å². The summed E-state index contributed by atoms with van der Waals surface area (Å²) in [6, 6.07) is 2.38. The highest BCUT2D eigenvalue weighted by Crippen LogP contribution is 2.23. The molecule has 0 fully saturated rings. The van der Waals surface area contributed by atoms with Crippen LogP contribution < -0.4 is 0 Å². The highest BCUT2D eigenvalue weighted by Gasteiger charge is 2.13. The lowest BCUT2D eigenvalue weighted by Gasteiger charge is -2.01. The number of rotatable bonds is 5. The SMILES string of the molecule is CC(=O)SCCC=Cc1cc([N+](=O)[O-])c(C)cc1F. The van der Waals surface area contributed by atoms with Crippen LogP contribution in [0, 0.1) is 22.9 Å². The van der Waals surface area contributed by atoms with Crippen LogP contribution in [0.5, 0.6) is 0 Å². The number of aryl methyl sites for hydroxylation is 1. The Labute approximate surface area is 114 Å². The second-order valence-electron chi connectivity index (χ2n) is 3.95. The van der Waals surface area contributed by atoms with Gasteiger partial charge in [0.05, 0.1) is 4.92 Å². The molecule has 102 valence electrons. The molecule has 1 aromatic carbocycles. The molecule has 0 atom stereocenters. The topological polar surface area (TPSA) is 60.2 Å². The van der Waals surface area contributed by atoms with E-state index >= 15 is 0 Å². The second-order valence-corrected chi connectivity index (χ2v) is 5.22. The standard InChI is InChI=1S/C13H14FNO3S/c1-9-7-12(14)11(8-13(9)15(17)18)5-3-4-6-19-10(2)16/h3,5,7-8H,4,6H2,1-2H3. The average Bonchev–Trinajstić information content (AvgIpc) is 2.30. The Morgan fingerprint density at radius 2 is 2.21 bits per heavy atom. The highest BCUT2D eigenvalue weighted by atomic mass is 32.2. The largest absolute Gasteiger partial charge is 0.288 e. The van der Waals surface area contributed by atoms with Crippen molar-refractivity contribution in [3.63, 3.8) is 0 Å². The molecule has 0 unspecified atom stereocenters. The van der Waals surface area contributed by atoms with Crippen LogP contribution in [-0.2, 0) is 4.79 Å². The summed E-state index contributed by atoms with van der Waals surface area (Å²) in [6.45, 7) is 2.98. The molecule has 0 aliphatic heterocycles. The van der Waals surface area contributed by atoms with Gasteiger partial charge in [-0.25, -0.2) is 4.39 Å². The molecule has 0 aliphatic rings. The zero-order valence-corrected chi connectivity index (χ0v) is 11.5. The van der Waals surface area contributed by atoms with E-state index in [1.165, 1.54) is 37.8 Å². The number of hydrogen-bond acceptors (Lipinski definition) is 4. The molecule has 1 rings (SSSR count). The summed E-state index contributed by atoms with van der Waals surface area (Å²) in [5, 5.41) is 10.8. The number of thioether (sulfide) groups is 1. The van der Waals surface area contributed by atoms with E-state index in [9.17, 15) is 19.3 Å². The van der Waals surface area contributed by atoms with Crippen LogP contribution in [0.1, 0.15) is 24.5 Å². The maximum absolute atomic E-state index is 13.6. The molecule has 0 radical (unpaired) electrons. The van der Waals surface area contributed by atoms with Gasteiger partial charge in [-0.1, -0.05) is 23.9 Å². The number of benzene rings is 1. The quantitative estimate of drug-likeness (QED) is 0.469. The Balaban J connectivity index is 2.77. The first-order chi connectivity index (χ1) is 8.91. The summed E-state index contributed by atoms with van der Waals surface area (Å²) in [7, 11) is 0. The molecule has 0 saturated carbocycles. The minimum absolute atomic E-state index is 0.0329. The molecule has 0 aromatic heterocycles. The maximum atomic E-state index is 13.6. The van der Waals surface area contributed by atoms with E-state index in [2.05, 4.69) is 0 Å². The molecule has 0 saturated heterocycles. The molecule has 0 spiro atoms. The smallest absolute Gasteiger partial charge is 0.273 e. The third kappa shape index (κ3) is 4.82. The predicted octanol–water partition coefficient (Wildman–Crippen LogP) is 3.73. The van der Waals surface area contributed by atoms with Gasteiger partial charge in [0.2, 0.25) is 0 Å². The first-order valence-electron chi connectivity index (χ1n) is 5.66. The Kier molecular flexibility index (Phi) is 5.69. The number of hydrogen-bond donors (Lipinski definition) is 0. The van der Waals surface area contributed by atoms with Crippen molar-refractivity contribution in [3.8, 4) is 0 Å². The molecule has 1 aromatic rings. The maximum Gasteiger partial charge on any atom is 0.273 e. The Morgan fingerprint density at radius 3 is 2.79 bits per heavy atom. The van der Waals surface area contributed by atoms with E-state index in [-0.39, 0.29) is 16.4 Å². The second kappa shape index (κ2) is 7.04. The Hall–Kier alpha value is -1.69. The first kappa shape index (κ1) is 15.4. The third-order valence-corrected chi connectivity index (χ3v) is 3.25. The third-order valence-electron chi connectivity index (χ3n) is 2.40. The minimum Gasteiger partial charge on any atom is -0.288 e. The molecule has 0 amide bonds. The lowest BCUT2D eigenvalue weighted by Crippen LogP contribution is -1.94. The number of nitrogens with zero attached hydrogens (tertiary/aromatic N) is 1. The normalized spacial score (nSPS) is 10.9. The van der Waals surface area contributed by atoms with Gasteiger partial charge in [-0.2, -0.15) is 0 Å². The van der Waals surface area contributed by atoms with Crippen LogP contribution in [0.25, 0.3) is 6.08 Å². The highest BCUT2D eigenvalue weighted by molar-refractivity contribution is 8.13. The number of allylic oxidation sites excluding steroid dienone is 1. The zero-order valence-electron chi connectivity index (χ0n) is 10.7. The van der Waals surface area contributed by atoms with Gasteiger partial charge in [-0.05, 0) is 19.4 Å². The molecule has 0 heterocycles. The number of halogens is 1. The van der Waals surface area contributed by atoms with Crippen LogP contribution >= 0.6 is 11.8 Å². The van der Waals surface area contributed by atoms with Crippen LogP contribution in [0.15, 0.2) is 18.2 Å². The van der Waals surface area contributed by atoms with E-state index < -0.39 is 10.7 Å². The van der Waals surface area contributed by atoms with Gasteiger partial charge in [0.1, 0.15) is 5.82 Å². The number of carbonyl (C=O) groups excluding carboxylic acids is 1. The fourth-order valence-electron chi connectivity index (χ4n) is 1.48. The Bertz CT molecular complexity index is 529. The molecule has 4 nitrogen and oxygen atoms in total. The van der Waals surface area contributed by atoms with Crippen molar-refractivity contribution in [1.82, 2.24) is 0 Å². The summed E-state index contributed by atoms with van der Waals surface area (Å²) in [6.07, 6.45) is 3.81. The molecule has 0 bridgehead atoms. The van der Waals surface area contributed by atoms with E-state index in [1.807, 2.05) is 0 Å². The van der Waals surface area contributed by atoms with Gasteiger partial charge in [-0.3, -0.25) is 14.9 Å². The van der Waals surface area contributed by atoms with Crippen molar-refractivity contribution < 1.29 is 14.1 Å². The van der Waals surface area contributed by atoms with Crippen molar-refractivity contribution in [2.45, 2.75) is 20.3 Å². The Morgan fingerprint density at radius 1 is 1.53 bits per heavy atom. The van der Waals surface area contributed by atoms with Crippen LogP contribution in [0.2, 0.25) is 0 Å². The zero-order chi connectivity index (χ0) is 14.4. The summed E-state index contributed by atoms with van der Waals surface area (Å²) >= 11 is 1.19. The van der Waals surface area contributed by atoms with Gasteiger partial charge < -0.3 is 0 Å². The molecule has 6 heteroatoms. The average molecular weight is 283 g/mol. The minimum atomic E-state index is -0.530. The number of nitro benzene ring substituents is 1. The summed E-state index contributed by atoms with van der Waals surface area (Å²) in [4.78, 5) is 20.9. The molecular formula is C13H14FNO3S. The molecule has 19 heavy (non-hydrogen) atoms. The van der Waals surface area contributed by atoms with Gasteiger partial charge in [0.25, 0.3) is 5.69 Å². The fourth-order valence-corrected chi connectivity index (χ4v) is 2.02. The van der Waals surface area contributed by atoms with Crippen LogP contribution in [0.3, 0.4) is 0 Å². The van der Waals surface area contributed by atoms with Gasteiger partial charge in [-0.15, -0.1) is 0 Å². The summed E-state index contributed by atoms with van der Waals surface area (Å²) < 4.78 is 13.6. The first-order valence-corrected chi connectivity index (χ1v) is 6.65. The number of carbonyl (C=O) groups is 1. The van der Waals surface area contributed by atoms with Gasteiger partial charge in [0.15, 0.2) is 5.12 Å². The van der Waals surface area contributed by atoms with Crippen molar-refractivity contribution in [2.24, 2.45) is 0 Å². The van der Waals surface area contributed by atoms with Crippen molar-refractivity contribution in [3.05, 3.63) is 45.3 Å². The van der Waals surface area contributed by atoms with Crippen molar-refractivity contribution in [2.75, 3.05) is 5.75 Å². The van der Waals surface area contributed by atoms with E-state index in [4.69, 9.17) is 0 Å². The number of nitro groups is 1. The lowest BCUT2D eigenvalue weighted by atomic mass is 10.1. The molecule has 0 aliphatic carbocycles.